The summed E-state index contributed by atoms with van der Waals surface area (Å²) in [5.41, 5.74) is 2.81. The second-order valence-electron chi connectivity index (χ2n) is 6.11. The molecular weight excluding hydrogens is 356 g/mol. The van der Waals surface area contributed by atoms with Gasteiger partial charge in [-0.2, -0.15) is 4.98 Å². The fourth-order valence-corrected chi connectivity index (χ4v) is 2.70. The molecule has 7 heteroatoms. The molecule has 0 aliphatic rings. The zero-order valence-corrected chi connectivity index (χ0v) is 16.4. The largest absolute Gasteiger partial charge is 0.497 e. The van der Waals surface area contributed by atoms with E-state index in [9.17, 15) is 0 Å². The van der Waals surface area contributed by atoms with Crippen LogP contribution >= 0.6 is 0 Å². The summed E-state index contributed by atoms with van der Waals surface area (Å²) in [7, 11) is 4.87. The van der Waals surface area contributed by atoms with Crippen LogP contribution in [0.3, 0.4) is 0 Å². The quantitative estimate of drug-likeness (QED) is 0.607. The first-order valence-electron chi connectivity index (χ1n) is 8.83. The number of rotatable bonds is 8. The van der Waals surface area contributed by atoms with Crippen molar-refractivity contribution in [2.75, 3.05) is 32.0 Å². The molecule has 0 radical (unpaired) electrons. The van der Waals surface area contributed by atoms with Crippen LogP contribution in [0.5, 0.6) is 17.2 Å². The molecule has 0 amide bonds. The van der Waals surface area contributed by atoms with E-state index in [0.29, 0.717) is 29.8 Å². The molecule has 3 aromatic rings. The van der Waals surface area contributed by atoms with Gasteiger partial charge in [-0.05, 0) is 36.8 Å². The summed E-state index contributed by atoms with van der Waals surface area (Å²) < 4.78 is 15.8. The number of ether oxygens (including phenoxy) is 3. The van der Waals surface area contributed by atoms with E-state index < -0.39 is 0 Å². The van der Waals surface area contributed by atoms with Crippen molar-refractivity contribution in [3.8, 4) is 17.2 Å². The van der Waals surface area contributed by atoms with Crippen LogP contribution in [-0.4, -0.2) is 31.3 Å². The summed E-state index contributed by atoms with van der Waals surface area (Å²) in [6, 6.07) is 15.4. The average Bonchev–Trinajstić information content (AvgIpc) is 2.72. The first kappa shape index (κ1) is 19.3. The Morgan fingerprint density at radius 2 is 1.57 bits per heavy atom. The monoisotopic (exact) mass is 380 g/mol. The predicted octanol–water partition coefficient (Wildman–Crippen LogP) is 4.17. The lowest BCUT2D eigenvalue weighted by Gasteiger charge is -2.12. The van der Waals surface area contributed by atoms with Gasteiger partial charge in [0.15, 0.2) is 11.5 Å². The third kappa shape index (κ3) is 4.82. The van der Waals surface area contributed by atoms with Crippen molar-refractivity contribution in [3.05, 3.63) is 59.8 Å². The number of methoxy groups -OCH3 is 3. The molecule has 0 saturated carbocycles. The van der Waals surface area contributed by atoms with Gasteiger partial charge >= 0.3 is 0 Å². The maximum atomic E-state index is 5.35. The summed E-state index contributed by atoms with van der Waals surface area (Å²) >= 11 is 0. The lowest BCUT2D eigenvalue weighted by molar-refractivity contribution is 0.355. The maximum Gasteiger partial charge on any atom is 0.225 e. The Hall–Kier alpha value is -3.48. The molecule has 0 fully saturated rings. The molecule has 1 aromatic heterocycles. The smallest absolute Gasteiger partial charge is 0.225 e. The summed E-state index contributed by atoms with van der Waals surface area (Å²) in [4.78, 5) is 9.00. The van der Waals surface area contributed by atoms with Crippen LogP contribution in [-0.2, 0) is 6.54 Å². The topological polar surface area (TPSA) is 77.5 Å². The molecule has 0 bridgehead atoms. The molecule has 0 aliphatic carbocycles. The van der Waals surface area contributed by atoms with E-state index >= 15 is 0 Å². The Bertz CT molecular complexity index is 929. The van der Waals surface area contributed by atoms with Gasteiger partial charge in [-0.25, -0.2) is 4.98 Å². The Balaban J connectivity index is 1.72. The summed E-state index contributed by atoms with van der Waals surface area (Å²) in [5, 5.41) is 6.54. The van der Waals surface area contributed by atoms with E-state index in [1.807, 2.05) is 55.5 Å². The number of hydrogen-bond donors (Lipinski definition) is 2. The number of aryl methyl sites for hydroxylation is 1. The molecule has 0 unspecified atom stereocenters. The zero-order valence-electron chi connectivity index (χ0n) is 16.4. The molecule has 0 spiro atoms. The molecule has 0 aliphatic heterocycles. The standard InChI is InChI=1S/C21H24N4O3/c1-14-11-20(24-16-7-10-18(27-3)19(12-16)28-4)25-21(23-14)22-13-15-5-8-17(26-2)9-6-15/h5-12H,13H2,1-4H3,(H2,22,23,24,25). The molecule has 146 valence electrons. The summed E-state index contributed by atoms with van der Waals surface area (Å²) in [6.45, 7) is 2.54. The zero-order chi connectivity index (χ0) is 19.9. The van der Waals surface area contributed by atoms with E-state index in [1.165, 1.54) is 0 Å². The molecule has 7 nitrogen and oxygen atoms in total. The first-order valence-corrected chi connectivity index (χ1v) is 8.83. The van der Waals surface area contributed by atoms with Gasteiger partial charge in [-0.15, -0.1) is 0 Å². The van der Waals surface area contributed by atoms with Gasteiger partial charge in [0, 0.05) is 30.1 Å². The van der Waals surface area contributed by atoms with Gasteiger partial charge in [-0.1, -0.05) is 12.1 Å². The Morgan fingerprint density at radius 3 is 2.25 bits per heavy atom. The minimum absolute atomic E-state index is 0.554. The van der Waals surface area contributed by atoms with Gasteiger partial charge in [0.25, 0.3) is 0 Å². The summed E-state index contributed by atoms with van der Waals surface area (Å²) in [6.07, 6.45) is 0. The normalized spacial score (nSPS) is 10.3. The van der Waals surface area contributed by atoms with Crippen LogP contribution in [0.4, 0.5) is 17.5 Å². The van der Waals surface area contributed by atoms with Crippen molar-refractivity contribution < 1.29 is 14.2 Å². The fourth-order valence-electron chi connectivity index (χ4n) is 2.70. The molecule has 0 saturated heterocycles. The molecule has 2 N–H and O–H groups in total. The van der Waals surface area contributed by atoms with Crippen molar-refractivity contribution >= 4 is 17.5 Å². The van der Waals surface area contributed by atoms with E-state index in [4.69, 9.17) is 14.2 Å². The number of anilines is 3. The SMILES string of the molecule is COc1ccc(CNc2nc(C)cc(Nc3ccc(OC)c(OC)c3)n2)cc1. The van der Waals surface area contributed by atoms with Crippen molar-refractivity contribution in [2.24, 2.45) is 0 Å². The van der Waals surface area contributed by atoms with E-state index in [2.05, 4.69) is 20.6 Å². The number of hydrogen-bond acceptors (Lipinski definition) is 7. The highest BCUT2D eigenvalue weighted by Crippen LogP contribution is 2.31. The molecule has 1 heterocycles. The predicted molar refractivity (Wildman–Crippen MR) is 110 cm³/mol. The average molecular weight is 380 g/mol. The van der Waals surface area contributed by atoms with Crippen LogP contribution in [0.1, 0.15) is 11.3 Å². The van der Waals surface area contributed by atoms with Crippen LogP contribution in [0.15, 0.2) is 48.5 Å². The van der Waals surface area contributed by atoms with Crippen LogP contribution in [0, 0.1) is 6.92 Å². The van der Waals surface area contributed by atoms with Gasteiger partial charge < -0.3 is 24.8 Å². The number of nitrogens with one attached hydrogen (secondary N) is 2. The van der Waals surface area contributed by atoms with Gasteiger partial charge in [0.2, 0.25) is 5.95 Å². The van der Waals surface area contributed by atoms with Gasteiger partial charge in [0.05, 0.1) is 21.3 Å². The van der Waals surface area contributed by atoms with Crippen LogP contribution < -0.4 is 24.8 Å². The van der Waals surface area contributed by atoms with Crippen molar-refractivity contribution in [2.45, 2.75) is 13.5 Å². The highest BCUT2D eigenvalue weighted by atomic mass is 16.5. The third-order valence-corrected chi connectivity index (χ3v) is 4.12. The second kappa shape index (κ2) is 8.94. The highest BCUT2D eigenvalue weighted by Gasteiger charge is 2.07. The highest BCUT2D eigenvalue weighted by molar-refractivity contribution is 5.62. The molecule has 2 aromatic carbocycles. The van der Waals surface area contributed by atoms with E-state index in [0.717, 1.165) is 22.7 Å². The molecule has 0 atom stereocenters. The van der Waals surface area contributed by atoms with Crippen molar-refractivity contribution in [1.82, 2.24) is 9.97 Å². The number of nitrogens with zero attached hydrogens (tertiary/aromatic N) is 2. The maximum absolute atomic E-state index is 5.35. The number of aromatic nitrogens is 2. The fraction of sp³-hybridized carbons (Fsp3) is 0.238. The third-order valence-electron chi connectivity index (χ3n) is 4.12. The van der Waals surface area contributed by atoms with E-state index in [-0.39, 0.29) is 0 Å². The minimum atomic E-state index is 0.554. The van der Waals surface area contributed by atoms with Crippen molar-refractivity contribution in [1.29, 1.82) is 0 Å². The van der Waals surface area contributed by atoms with E-state index in [1.54, 1.807) is 21.3 Å². The Labute approximate surface area is 164 Å². The van der Waals surface area contributed by atoms with Crippen LogP contribution in [0.2, 0.25) is 0 Å². The van der Waals surface area contributed by atoms with Crippen LogP contribution in [0.25, 0.3) is 0 Å². The van der Waals surface area contributed by atoms with Gasteiger partial charge in [0.1, 0.15) is 11.6 Å². The second-order valence-corrected chi connectivity index (χ2v) is 6.11. The number of benzene rings is 2. The Kier molecular flexibility index (Phi) is 6.16. The van der Waals surface area contributed by atoms with Crippen molar-refractivity contribution in [3.63, 3.8) is 0 Å². The van der Waals surface area contributed by atoms with Gasteiger partial charge in [-0.3, -0.25) is 0 Å². The molecule has 28 heavy (non-hydrogen) atoms. The molecule has 3 rings (SSSR count). The Morgan fingerprint density at radius 1 is 0.821 bits per heavy atom. The molecular formula is C21H24N4O3. The first-order chi connectivity index (χ1) is 13.6. The lowest BCUT2D eigenvalue weighted by Crippen LogP contribution is -2.06. The summed E-state index contributed by atoms with van der Waals surface area (Å²) in [5.74, 6) is 3.40. The minimum Gasteiger partial charge on any atom is -0.497 e. The lowest BCUT2D eigenvalue weighted by atomic mass is 10.2.